The first-order valence-corrected chi connectivity index (χ1v) is 8.54. The largest absolute Gasteiger partial charge is 0.361 e. The molecule has 3 rings (SSSR count). The van der Waals surface area contributed by atoms with Crippen LogP contribution in [0.5, 0.6) is 0 Å². The van der Waals surface area contributed by atoms with E-state index in [9.17, 15) is 0 Å². The monoisotopic (exact) mass is 359 g/mol. The number of hydrogen-bond donors (Lipinski definition) is 0. The summed E-state index contributed by atoms with van der Waals surface area (Å²) in [5, 5.41) is 0. The molecule has 0 aromatic heterocycles. The Morgan fingerprint density at radius 2 is 1.91 bits per heavy atom. The minimum atomic E-state index is -0.298. The number of benzene rings is 2. The first-order chi connectivity index (χ1) is 10.6. The van der Waals surface area contributed by atoms with Gasteiger partial charge in [-0.15, -0.1) is 0 Å². The summed E-state index contributed by atoms with van der Waals surface area (Å²) in [6, 6.07) is 17.2. The molecule has 116 valence electrons. The number of nitrogens with zero attached hydrogens (tertiary/aromatic N) is 1. The number of rotatable bonds is 5. The molecule has 3 heteroatoms. The van der Waals surface area contributed by atoms with Gasteiger partial charge in [0.1, 0.15) is 5.60 Å². The molecule has 2 aromatic carbocycles. The second-order valence-electron chi connectivity index (χ2n) is 6.19. The van der Waals surface area contributed by atoms with Crippen LogP contribution in [0.3, 0.4) is 0 Å². The maximum atomic E-state index is 6.39. The van der Waals surface area contributed by atoms with Gasteiger partial charge in [0.25, 0.3) is 0 Å². The van der Waals surface area contributed by atoms with Crippen molar-refractivity contribution in [3.05, 3.63) is 69.7 Å². The lowest BCUT2D eigenvalue weighted by molar-refractivity contribution is -0.0139. The maximum absolute atomic E-state index is 6.39. The van der Waals surface area contributed by atoms with Crippen LogP contribution < -0.4 is 0 Å². The Labute approximate surface area is 141 Å². The molecular formula is C19H22BrNO. The van der Waals surface area contributed by atoms with E-state index in [4.69, 9.17) is 4.74 Å². The molecule has 0 bridgehead atoms. The van der Waals surface area contributed by atoms with Gasteiger partial charge in [0.05, 0.1) is 6.61 Å². The van der Waals surface area contributed by atoms with Crippen LogP contribution in [0.4, 0.5) is 0 Å². The molecule has 0 saturated heterocycles. The average Bonchev–Trinajstić information content (AvgIpc) is 2.87. The van der Waals surface area contributed by atoms with Crippen molar-refractivity contribution in [1.29, 1.82) is 0 Å². The van der Waals surface area contributed by atoms with Crippen molar-refractivity contribution in [3.63, 3.8) is 0 Å². The van der Waals surface area contributed by atoms with Crippen molar-refractivity contribution in [2.75, 3.05) is 20.6 Å². The third-order valence-electron chi connectivity index (χ3n) is 4.35. The summed E-state index contributed by atoms with van der Waals surface area (Å²) in [6.07, 6.45) is 2.11. The molecule has 0 saturated carbocycles. The first kappa shape index (κ1) is 15.7. The van der Waals surface area contributed by atoms with E-state index in [0.29, 0.717) is 6.61 Å². The van der Waals surface area contributed by atoms with Gasteiger partial charge in [0, 0.05) is 4.47 Å². The van der Waals surface area contributed by atoms with Crippen LogP contribution in [0.2, 0.25) is 0 Å². The van der Waals surface area contributed by atoms with Crippen molar-refractivity contribution in [1.82, 2.24) is 4.90 Å². The smallest absolute Gasteiger partial charge is 0.119 e. The molecule has 1 aliphatic heterocycles. The van der Waals surface area contributed by atoms with Crippen molar-refractivity contribution in [3.8, 4) is 0 Å². The van der Waals surface area contributed by atoms with Crippen molar-refractivity contribution >= 4 is 15.9 Å². The Morgan fingerprint density at radius 1 is 1.14 bits per heavy atom. The van der Waals surface area contributed by atoms with Gasteiger partial charge in [-0.1, -0.05) is 52.3 Å². The molecule has 1 unspecified atom stereocenters. The quantitative estimate of drug-likeness (QED) is 0.775. The minimum absolute atomic E-state index is 0.298. The molecule has 0 aliphatic carbocycles. The van der Waals surface area contributed by atoms with E-state index < -0.39 is 0 Å². The van der Waals surface area contributed by atoms with E-state index in [1.807, 2.05) is 0 Å². The molecule has 1 aliphatic rings. The zero-order valence-corrected chi connectivity index (χ0v) is 14.8. The van der Waals surface area contributed by atoms with Crippen LogP contribution in [0.1, 0.15) is 29.5 Å². The Hall–Kier alpha value is -1.16. The topological polar surface area (TPSA) is 12.5 Å². The summed E-state index contributed by atoms with van der Waals surface area (Å²) in [6.45, 7) is 1.76. The lowest BCUT2D eigenvalue weighted by Crippen LogP contribution is -2.28. The third kappa shape index (κ3) is 2.98. The molecule has 1 heterocycles. The SMILES string of the molecule is CN(C)CCCC1(c2ccccc2)OCc2cc(Br)ccc21. The summed E-state index contributed by atoms with van der Waals surface area (Å²) in [7, 11) is 4.24. The minimum Gasteiger partial charge on any atom is -0.361 e. The molecular weight excluding hydrogens is 338 g/mol. The van der Waals surface area contributed by atoms with Crippen molar-refractivity contribution in [2.45, 2.75) is 25.0 Å². The molecule has 0 fully saturated rings. The second-order valence-corrected chi connectivity index (χ2v) is 7.11. The molecule has 0 N–H and O–H groups in total. The molecule has 2 aromatic rings. The Balaban J connectivity index is 1.99. The van der Waals surface area contributed by atoms with Crippen LogP contribution in [-0.4, -0.2) is 25.5 Å². The van der Waals surface area contributed by atoms with Crippen LogP contribution in [-0.2, 0) is 16.9 Å². The Kier molecular flexibility index (Phi) is 4.67. The van der Waals surface area contributed by atoms with Gasteiger partial charge in [-0.25, -0.2) is 0 Å². The zero-order valence-electron chi connectivity index (χ0n) is 13.2. The van der Waals surface area contributed by atoms with E-state index in [1.54, 1.807) is 0 Å². The molecule has 0 amide bonds. The number of ether oxygens (including phenoxy) is 1. The van der Waals surface area contributed by atoms with Crippen LogP contribution in [0, 0.1) is 0 Å². The third-order valence-corrected chi connectivity index (χ3v) is 4.84. The highest BCUT2D eigenvalue weighted by Gasteiger charge is 2.41. The Bertz CT molecular complexity index is 641. The van der Waals surface area contributed by atoms with Gasteiger partial charge < -0.3 is 9.64 Å². The fourth-order valence-electron chi connectivity index (χ4n) is 3.30. The van der Waals surface area contributed by atoms with Gasteiger partial charge in [-0.05, 0) is 62.3 Å². The van der Waals surface area contributed by atoms with Gasteiger partial charge in [0.15, 0.2) is 0 Å². The predicted molar refractivity (Wildman–Crippen MR) is 93.9 cm³/mol. The maximum Gasteiger partial charge on any atom is 0.119 e. The normalized spacial score (nSPS) is 20.4. The second kappa shape index (κ2) is 6.53. The lowest BCUT2D eigenvalue weighted by Gasteiger charge is -2.31. The molecule has 22 heavy (non-hydrogen) atoms. The molecule has 2 nitrogen and oxygen atoms in total. The summed E-state index contributed by atoms with van der Waals surface area (Å²) in [5.41, 5.74) is 3.58. The lowest BCUT2D eigenvalue weighted by atomic mass is 9.82. The number of halogens is 1. The fraction of sp³-hybridized carbons (Fsp3) is 0.368. The van der Waals surface area contributed by atoms with Gasteiger partial charge in [-0.3, -0.25) is 0 Å². The standard InChI is InChI=1S/C19H22BrNO/c1-21(2)12-6-11-19(16-7-4-3-5-8-16)18-10-9-17(20)13-15(18)14-22-19/h3-5,7-10,13H,6,11-12,14H2,1-2H3. The van der Waals surface area contributed by atoms with E-state index in [2.05, 4.69) is 83.5 Å². The van der Waals surface area contributed by atoms with Crippen molar-refractivity contribution < 1.29 is 4.74 Å². The Morgan fingerprint density at radius 3 is 2.64 bits per heavy atom. The highest BCUT2D eigenvalue weighted by Crippen LogP contribution is 2.45. The summed E-state index contributed by atoms with van der Waals surface area (Å²) in [5.74, 6) is 0. The van der Waals surface area contributed by atoms with E-state index in [1.165, 1.54) is 16.7 Å². The van der Waals surface area contributed by atoms with E-state index in [0.717, 1.165) is 23.9 Å². The molecule has 0 spiro atoms. The van der Waals surface area contributed by atoms with Crippen molar-refractivity contribution in [2.24, 2.45) is 0 Å². The summed E-state index contributed by atoms with van der Waals surface area (Å²) >= 11 is 3.57. The molecule has 0 radical (unpaired) electrons. The summed E-state index contributed by atoms with van der Waals surface area (Å²) in [4.78, 5) is 2.23. The zero-order chi connectivity index (χ0) is 15.6. The number of fused-ring (bicyclic) bond motifs is 1. The van der Waals surface area contributed by atoms with E-state index >= 15 is 0 Å². The summed E-state index contributed by atoms with van der Waals surface area (Å²) < 4.78 is 7.51. The van der Waals surface area contributed by atoms with Crippen LogP contribution >= 0.6 is 15.9 Å². The van der Waals surface area contributed by atoms with Crippen LogP contribution in [0.25, 0.3) is 0 Å². The number of hydrogen-bond acceptors (Lipinski definition) is 2. The van der Waals surface area contributed by atoms with Gasteiger partial charge >= 0.3 is 0 Å². The highest BCUT2D eigenvalue weighted by molar-refractivity contribution is 9.10. The predicted octanol–water partition coefficient (Wildman–Crippen LogP) is 4.56. The van der Waals surface area contributed by atoms with Gasteiger partial charge in [-0.2, -0.15) is 0 Å². The fourth-order valence-corrected chi connectivity index (χ4v) is 3.70. The van der Waals surface area contributed by atoms with E-state index in [-0.39, 0.29) is 5.60 Å². The highest BCUT2D eigenvalue weighted by atomic mass is 79.9. The average molecular weight is 360 g/mol. The van der Waals surface area contributed by atoms with Crippen LogP contribution in [0.15, 0.2) is 53.0 Å². The first-order valence-electron chi connectivity index (χ1n) is 7.75. The molecule has 1 atom stereocenters. The van der Waals surface area contributed by atoms with Gasteiger partial charge in [0.2, 0.25) is 0 Å².